The van der Waals surface area contributed by atoms with E-state index in [9.17, 15) is 14.4 Å². The van der Waals surface area contributed by atoms with Gasteiger partial charge in [0.05, 0.1) is 31.7 Å². The van der Waals surface area contributed by atoms with Crippen molar-refractivity contribution in [3.05, 3.63) is 108 Å². The van der Waals surface area contributed by atoms with Gasteiger partial charge in [-0.25, -0.2) is 0 Å². The molecule has 2 N–H and O–H groups in total. The smallest absolute Gasteiger partial charge is 0.246 e. The fraction of sp³-hybridized carbons (Fsp3) is 0.343. The molecule has 3 aliphatic heterocycles. The zero-order valence-corrected chi connectivity index (χ0v) is 25.1. The van der Waals surface area contributed by atoms with Crippen LogP contribution in [0.3, 0.4) is 0 Å². The number of benzene rings is 3. The Morgan fingerprint density at radius 3 is 1.98 bits per heavy atom. The molecule has 3 aliphatic rings. The lowest BCUT2D eigenvalue weighted by atomic mass is 9.70. The number of carbonyl (C=O) groups excluding carboxylic acids is 3. The summed E-state index contributed by atoms with van der Waals surface area (Å²) in [7, 11) is 3.21. The first-order valence-corrected chi connectivity index (χ1v) is 14.8. The lowest BCUT2D eigenvalue weighted by molar-refractivity contribution is -0.145. The maximum atomic E-state index is 14.3. The van der Waals surface area contributed by atoms with Crippen LogP contribution in [0.25, 0.3) is 0 Å². The number of ether oxygens (including phenoxy) is 3. The van der Waals surface area contributed by atoms with Crippen molar-refractivity contribution in [2.75, 3.05) is 20.8 Å². The molecule has 9 heteroatoms. The molecule has 2 bridgehead atoms. The molecule has 0 unspecified atom stereocenters. The first kappa shape index (κ1) is 29.4. The van der Waals surface area contributed by atoms with Gasteiger partial charge in [0, 0.05) is 19.6 Å². The lowest BCUT2D eigenvalue weighted by Crippen LogP contribution is -2.55. The summed E-state index contributed by atoms with van der Waals surface area (Å²) in [6, 6.07) is 23.8. The molecule has 5 atom stereocenters. The standard InChI is InChI=1S/C35H37N3O6/c1-34-18-19-35(44-34)29(28(34)31(39)36-22-25-11-15-27(43-3)16-12-25)33(41)38(20-17-23-9-13-26(42-2)14-10-23)30(35)32(40)37-21-24-7-5-4-6-8-24/h4-16,18-19,28-30H,17,20-22H2,1-3H3,(H,36,39)(H,37,40)/t28-,29+,30-,34-,35+/m1/s1. The summed E-state index contributed by atoms with van der Waals surface area (Å²) in [5.41, 5.74) is 0.562. The predicted octanol–water partition coefficient (Wildman–Crippen LogP) is 3.42. The summed E-state index contributed by atoms with van der Waals surface area (Å²) in [5.74, 6) is -1.02. The Hall–Kier alpha value is -4.63. The molecule has 3 heterocycles. The summed E-state index contributed by atoms with van der Waals surface area (Å²) in [6.07, 6.45) is 4.21. The Kier molecular flexibility index (Phi) is 7.90. The minimum atomic E-state index is -1.26. The van der Waals surface area contributed by atoms with E-state index in [0.717, 1.165) is 28.2 Å². The number of amides is 3. The van der Waals surface area contributed by atoms with Crippen LogP contribution in [0.15, 0.2) is 91.0 Å². The van der Waals surface area contributed by atoms with Gasteiger partial charge in [-0.1, -0.05) is 66.7 Å². The van der Waals surface area contributed by atoms with Gasteiger partial charge in [-0.15, -0.1) is 0 Å². The molecule has 0 aliphatic carbocycles. The summed E-state index contributed by atoms with van der Waals surface area (Å²) in [4.78, 5) is 43.7. The van der Waals surface area contributed by atoms with Crippen LogP contribution < -0.4 is 20.1 Å². The number of hydrogen-bond acceptors (Lipinski definition) is 6. The third kappa shape index (κ3) is 5.21. The highest BCUT2D eigenvalue weighted by atomic mass is 16.5. The zero-order valence-electron chi connectivity index (χ0n) is 25.1. The summed E-state index contributed by atoms with van der Waals surface area (Å²) in [6.45, 7) is 2.71. The Morgan fingerprint density at radius 1 is 0.795 bits per heavy atom. The van der Waals surface area contributed by atoms with Crippen LogP contribution in [-0.2, 0) is 38.6 Å². The number of hydrogen-bond donors (Lipinski definition) is 2. The first-order valence-electron chi connectivity index (χ1n) is 14.8. The second-order valence-electron chi connectivity index (χ2n) is 11.7. The monoisotopic (exact) mass is 595 g/mol. The Balaban J connectivity index is 1.26. The number of nitrogens with one attached hydrogen (secondary N) is 2. The molecule has 2 fully saturated rings. The van der Waals surface area contributed by atoms with Gasteiger partial charge in [0.15, 0.2) is 0 Å². The quantitative estimate of drug-likeness (QED) is 0.329. The number of carbonyl (C=O) groups is 3. The van der Waals surface area contributed by atoms with Crippen molar-refractivity contribution in [3.8, 4) is 11.5 Å². The molecule has 6 rings (SSSR count). The molecule has 1 spiro atoms. The van der Waals surface area contributed by atoms with Gasteiger partial charge in [0.2, 0.25) is 17.7 Å². The topological polar surface area (TPSA) is 106 Å². The molecule has 2 saturated heterocycles. The maximum absolute atomic E-state index is 14.3. The van der Waals surface area contributed by atoms with Crippen LogP contribution in [0.2, 0.25) is 0 Å². The summed E-state index contributed by atoms with van der Waals surface area (Å²) in [5, 5.41) is 6.05. The molecule has 0 aromatic heterocycles. The third-order valence-corrected chi connectivity index (χ3v) is 9.06. The molecule has 3 aromatic carbocycles. The van der Waals surface area contributed by atoms with Crippen LogP contribution in [0.5, 0.6) is 11.5 Å². The van der Waals surface area contributed by atoms with Crippen LogP contribution in [0.4, 0.5) is 0 Å². The zero-order chi connectivity index (χ0) is 30.9. The number of fused-ring (bicyclic) bond motifs is 1. The van der Waals surface area contributed by atoms with Gasteiger partial charge in [-0.05, 0) is 54.3 Å². The van der Waals surface area contributed by atoms with Crippen molar-refractivity contribution in [1.29, 1.82) is 0 Å². The fourth-order valence-electron chi connectivity index (χ4n) is 6.84. The predicted molar refractivity (Wildman–Crippen MR) is 164 cm³/mol. The fourth-order valence-corrected chi connectivity index (χ4v) is 6.84. The molecule has 0 radical (unpaired) electrons. The highest BCUT2D eigenvalue weighted by Gasteiger charge is 2.76. The van der Waals surface area contributed by atoms with Crippen LogP contribution in [0, 0.1) is 11.8 Å². The van der Waals surface area contributed by atoms with Crippen LogP contribution in [0.1, 0.15) is 23.6 Å². The van der Waals surface area contributed by atoms with Gasteiger partial charge in [-0.2, -0.15) is 0 Å². The van der Waals surface area contributed by atoms with Gasteiger partial charge >= 0.3 is 0 Å². The number of rotatable bonds is 11. The van der Waals surface area contributed by atoms with E-state index >= 15 is 0 Å². The average Bonchev–Trinajstić information content (AvgIpc) is 3.62. The number of methoxy groups -OCH3 is 2. The molecule has 3 aromatic rings. The molecule has 44 heavy (non-hydrogen) atoms. The molecule has 3 amide bonds. The van der Waals surface area contributed by atoms with Crippen molar-refractivity contribution in [1.82, 2.24) is 15.5 Å². The van der Waals surface area contributed by atoms with E-state index in [1.165, 1.54) is 0 Å². The minimum Gasteiger partial charge on any atom is -0.497 e. The SMILES string of the molecule is COc1ccc(CCN2C(=O)[C@@H]3[C@H](C(=O)NCc4ccc(OC)cc4)[C@@]4(C)C=C[C@@]3(O4)[C@H]2C(=O)NCc2ccccc2)cc1. The molecule has 228 valence electrons. The summed E-state index contributed by atoms with van der Waals surface area (Å²) < 4.78 is 17.1. The number of nitrogens with zero attached hydrogens (tertiary/aromatic N) is 1. The van der Waals surface area contributed by atoms with Gasteiger partial charge < -0.3 is 29.7 Å². The highest BCUT2D eigenvalue weighted by Crippen LogP contribution is 2.59. The third-order valence-electron chi connectivity index (χ3n) is 9.06. The van der Waals surface area contributed by atoms with Crippen molar-refractivity contribution < 1.29 is 28.6 Å². The average molecular weight is 596 g/mol. The molecular formula is C35H37N3O6. The van der Waals surface area contributed by atoms with E-state index in [2.05, 4.69) is 10.6 Å². The minimum absolute atomic E-state index is 0.254. The van der Waals surface area contributed by atoms with E-state index in [0.29, 0.717) is 19.5 Å². The van der Waals surface area contributed by atoms with Crippen molar-refractivity contribution in [2.24, 2.45) is 11.8 Å². The van der Waals surface area contributed by atoms with Crippen molar-refractivity contribution in [3.63, 3.8) is 0 Å². The van der Waals surface area contributed by atoms with Gasteiger partial charge in [0.25, 0.3) is 0 Å². The second-order valence-corrected chi connectivity index (χ2v) is 11.7. The highest BCUT2D eigenvalue weighted by molar-refractivity contribution is 6.00. The summed E-state index contributed by atoms with van der Waals surface area (Å²) >= 11 is 0. The number of likely N-dealkylation sites (tertiary alicyclic amines) is 1. The van der Waals surface area contributed by atoms with Crippen LogP contribution >= 0.6 is 0 Å². The van der Waals surface area contributed by atoms with Crippen molar-refractivity contribution >= 4 is 17.7 Å². The van der Waals surface area contributed by atoms with Crippen LogP contribution in [-0.4, -0.2) is 60.6 Å². The van der Waals surface area contributed by atoms with Gasteiger partial charge in [0.1, 0.15) is 23.1 Å². The van der Waals surface area contributed by atoms with E-state index in [-0.39, 0.29) is 24.3 Å². The normalized spacial score (nSPS) is 26.4. The molecule has 9 nitrogen and oxygen atoms in total. The molecular weight excluding hydrogens is 558 g/mol. The van der Waals surface area contributed by atoms with E-state index < -0.39 is 29.1 Å². The lowest BCUT2D eigenvalue weighted by Gasteiger charge is -2.33. The molecule has 0 saturated carbocycles. The largest absolute Gasteiger partial charge is 0.497 e. The Morgan fingerprint density at radius 2 is 1.36 bits per heavy atom. The Labute approximate surface area is 257 Å². The second kappa shape index (κ2) is 11.8. The van der Waals surface area contributed by atoms with Crippen molar-refractivity contribution in [2.45, 2.75) is 43.7 Å². The first-order chi connectivity index (χ1) is 21.3. The van der Waals surface area contributed by atoms with Gasteiger partial charge in [-0.3, -0.25) is 14.4 Å². The van der Waals surface area contributed by atoms with E-state index in [1.54, 1.807) is 19.1 Å². The van der Waals surface area contributed by atoms with E-state index in [1.807, 2.05) is 97.9 Å². The maximum Gasteiger partial charge on any atom is 0.246 e. The van der Waals surface area contributed by atoms with E-state index in [4.69, 9.17) is 14.2 Å². The Bertz CT molecular complexity index is 1560.